The molecule has 1 saturated heterocycles. The van der Waals surface area contributed by atoms with Crippen molar-refractivity contribution in [3.05, 3.63) is 41.8 Å². The standard InChI is InChI=1S/C17H18N4OS/c1-2-15-19-16(14-6-10-23-17(14)20-15)21-9-5-13(11-21)22-12-3-7-18-8-4-12/h3-4,6-8,10,13H,2,5,9,11H2,1H3. The van der Waals surface area contributed by atoms with E-state index >= 15 is 0 Å². The Morgan fingerprint density at radius 2 is 2.13 bits per heavy atom. The molecule has 6 heteroatoms. The van der Waals surface area contributed by atoms with Gasteiger partial charge in [-0.3, -0.25) is 4.98 Å². The summed E-state index contributed by atoms with van der Waals surface area (Å²) < 4.78 is 6.05. The first-order valence-corrected chi connectivity index (χ1v) is 8.77. The molecule has 0 aliphatic carbocycles. The highest BCUT2D eigenvalue weighted by Gasteiger charge is 2.27. The zero-order valence-electron chi connectivity index (χ0n) is 13.0. The number of nitrogens with zero attached hydrogens (tertiary/aromatic N) is 4. The van der Waals surface area contributed by atoms with Crippen LogP contribution in [0.1, 0.15) is 19.2 Å². The van der Waals surface area contributed by atoms with E-state index in [0.29, 0.717) is 0 Å². The number of pyridine rings is 1. The highest BCUT2D eigenvalue weighted by Crippen LogP contribution is 2.31. The smallest absolute Gasteiger partial charge is 0.141 e. The van der Waals surface area contributed by atoms with Crippen LogP contribution < -0.4 is 9.64 Å². The predicted octanol–water partition coefficient (Wildman–Crippen LogP) is 3.31. The van der Waals surface area contributed by atoms with Crippen LogP contribution in [0.15, 0.2) is 36.0 Å². The molecule has 118 valence electrons. The van der Waals surface area contributed by atoms with E-state index in [-0.39, 0.29) is 6.10 Å². The summed E-state index contributed by atoms with van der Waals surface area (Å²) in [6.45, 7) is 3.91. The molecule has 3 aromatic rings. The Bertz CT molecular complexity index is 805. The van der Waals surface area contributed by atoms with Gasteiger partial charge in [-0.05, 0) is 23.6 Å². The molecule has 3 aromatic heterocycles. The molecule has 1 fully saturated rings. The average Bonchev–Trinajstić information content (AvgIpc) is 3.24. The third-order valence-electron chi connectivity index (χ3n) is 4.06. The molecule has 1 aliphatic heterocycles. The van der Waals surface area contributed by atoms with E-state index in [1.54, 1.807) is 23.7 Å². The monoisotopic (exact) mass is 326 g/mol. The molecular formula is C17H18N4OS. The number of aryl methyl sites for hydroxylation is 1. The summed E-state index contributed by atoms with van der Waals surface area (Å²) in [5.41, 5.74) is 0. The number of fused-ring (bicyclic) bond motifs is 1. The molecule has 0 N–H and O–H groups in total. The Morgan fingerprint density at radius 3 is 2.96 bits per heavy atom. The van der Waals surface area contributed by atoms with Crippen LogP contribution in [-0.2, 0) is 6.42 Å². The van der Waals surface area contributed by atoms with Crippen LogP contribution in [0.4, 0.5) is 5.82 Å². The van der Waals surface area contributed by atoms with Crippen LogP contribution in [0.2, 0.25) is 0 Å². The van der Waals surface area contributed by atoms with Crippen molar-refractivity contribution in [2.45, 2.75) is 25.9 Å². The van der Waals surface area contributed by atoms with Gasteiger partial charge in [-0.25, -0.2) is 9.97 Å². The van der Waals surface area contributed by atoms with Crippen molar-refractivity contribution < 1.29 is 4.74 Å². The van der Waals surface area contributed by atoms with Gasteiger partial charge >= 0.3 is 0 Å². The summed E-state index contributed by atoms with van der Waals surface area (Å²) in [5, 5.41) is 3.24. The lowest BCUT2D eigenvalue weighted by atomic mass is 10.3. The summed E-state index contributed by atoms with van der Waals surface area (Å²) >= 11 is 1.68. The Labute approximate surface area is 139 Å². The quantitative estimate of drug-likeness (QED) is 0.736. The van der Waals surface area contributed by atoms with Crippen LogP contribution in [0.3, 0.4) is 0 Å². The van der Waals surface area contributed by atoms with Gasteiger partial charge in [0.2, 0.25) is 0 Å². The Morgan fingerprint density at radius 1 is 1.26 bits per heavy atom. The fourth-order valence-corrected chi connectivity index (χ4v) is 3.69. The van der Waals surface area contributed by atoms with Crippen LogP contribution in [0, 0.1) is 0 Å². The van der Waals surface area contributed by atoms with Crippen molar-refractivity contribution in [1.29, 1.82) is 0 Å². The number of ether oxygens (including phenoxy) is 1. The lowest BCUT2D eigenvalue weighted by molar-refractivity contribution is 0.224. The van der Waals surface area contributed by atoms with Crippen molar-refractivity contribution in [3.8, 4) is 5.75 Å². The number of anilines is 1. The van der Waals surface area contributed by atoms with Crippen molar-refractivity contribution in [2.75, 3.05) is 18.0 Å². The van der Waals surface area contributed by atoms with Crippen molar-refractivity contribution in [1.82, 2.24) is 15.0 Å². The summed E-state index contributed by atoms with van der Waals surface area (Å²) in [5.74, 6) is 2.84. The van der Waals surface area contributed by atoms with E-state index in [2.05, 4.69) is 33.2 Å². The molecule has 0 aromatic carbocycles. The van der Waals surface area contributed by atoms with E-state index < -0.39 is 0 Å². The SMILES string of the molecule is CCc1nc(N2CCC(Oc3ccncc3)C2)c2ccsc2n1. The van der Waals surface area contributed by atoms with Crippen LogP contribution >= 0.6 is 11.3 Å². The average molecular weight is 326 g/mol. The lowest BCUT2D eigenvalue weighted by Crippen LogP contribution is -2.25. The van der Waals surface area contributed by atoms with Crippen LogP contribution in [-0.4, -0.2) is 34.1 Å². The van der Waals surface area contributed by atoms with Crippen molar-refractivity contribution >= 4 is 27.4 Å². The third kappa shape index (κ3) is 2.86. The molecule has 4 rings (SSSR count). The first kappa shape index (κ1) is 14.4. The third-order valence-corrected chi connectivity index (χ3v) is 4.87. The van der Waals surface area contributed by atoms with Gasteiger partial charge in [0.15, 0.2) is 0 Å². The molecule has 0 saturated carbocycles. The van der Waals surface area contributed by atoms with Gasteiger partial charge in [-0.1, -0.05) is 6.92 Å². The van der Waals surface area contributed by atoms with E-state index in [1.165, 1.54) is 0 Å². The molecule has 0 bridgehead atoms. The number of hydrogen-bond acceptors (Lipinski definition) is 6. The Hall–Kier alpha value is -2.21. The van der Waals surface area contributed by atoms with Gasteiger partial charge in [0.25, 0.3) is 0 Å². The summed E-state index contributed by atoms with van der Waals surface area (Å²) in [6, 6.07) is 5.92. The van der Waals surface area contributed by atoms with Crippen molar-refractivity contribution in [3.63, 3.8) is 0 Å². The summed E-state index contributed by atoms with van der Waals surface area (Å²) in [6.07, 6.45) is 5.56. The molecule has 1 aliphatic rings. The molecule has 1 atom stereocenters. The Kier molecular flexibility index (Phi) is 3.83. The number of aromatic nitrogens is 3. The highest BCUT2D eigenvalue weighted by molar-refractivity contribution is 7.16. The highest BCUT2D eigenvalue weighted by atomic mass is 32.1. The van der Waals surface area contributed by atoms with Gasteiger partial charge < -0.3 is 9.64 Å². The first-order valence-electron chi connectivity index (χ1n) is 7.89. The number of hydrogen-bond donors (Lipinski definition) is 0. The van der Waals surface area contributed by atoms with Crippen LogP contribution in [0.5, 0.6) is 5.75 Å². The second-order valence-electron chi connectivity index (χ2n) is 5.61. The number of rotatable bonds is 4. The van der Waals surface area contributed by atoms with E-state index in [0.717, 1.165) is 53.5 Å². The van der Waals surface area contributed by atoms with E-state index in [4.69, 9.17) is 9.72 Å². The van der Waals surface area contributed by atoms with E-state index in [1.807, 2.05) is 12.1 Å². The topological polar surface area (TPSA) is 51.1 Å². The largest absolute Gasteiger partial charge is 0.488 e. The van der Waals surface area contributed by atoms with Gasteiger partial charge in [0.05, 0.1) is 11.9 Å². The zero-order chi connectivity index (χ0) is 15.6. The molecular weight excluding hydrogens is 308 g/mol. The van der Waals surface area contributed by atoms with Gasteiger partial charge in [0, 0.05) is 31.8 Å². The zero-order valence-corrected chi connectivity index (χ0v) is 13.8. The van der Waals surface area contributed by atoms with Gasteiger partial charge in [-0.2, -0.15) is 0 Å². The summed E-state index contributed by atoms with van der Waals surface area (Å²) in [4.78, 5) is 16.8. The molecule has 0 radical (unpaired) electrons. The molecule has 23 heavy (non-hydrogen) atoms. The maximum Gasteiger partial charge on any atom is 0.141 e. The van der Waals surface area contributed by atoms with E-state index in [9.17, 15) is 0 Å². The molecule has 1 unspecified atom stereocenters. The molecule has 4 heterocycles. The Balaban J connectivity index is 1.56. The minimum atomic E-state index is 0.186. The lowest BCUT2D eigenvalue weighted by Gasteiger charge is -2.19. The van der Waals surface area contributed by atoms with Crippen LogP contribution in [0.25, 0.3) is 10.2 Å². The minimum absolute atomic E-state index is 0.186. The summed E-state index contributed by atoms with van der Waals surface area (Å²) in [7, 11) is 0. The first-order chi connectivity index (χ1) is 11.3. The fraction of sp³-hybridized carbons (Fsp3) is 0.353. The minimum Gasteiger partial charge on any atom is -0.488 e. The predicted molar refractivity (Wildman–Crippen MR) is 92.3 cm³/mol. The second kappa shape index (κ2) is 6.12. The maximum atomic E-state index is 6.05. The number of thiophene rings is 1. The normalized spacial score (nSPS) is 17.8. The molecule has 0 spiro atoms. The van der Waals surface area contributed by atoms with Crippen molar-refractivity contribution in [2.24, 2.45) is 0 Å². The maximum absolute atomic E-state index is 6.05. The van der Waals surface area contributed by atoms with Gasteiger partial charge in [0.1, 0.15) is 28.3 Å². The second-order valence-corrected chi connectivity index (χ2v) is 6.51. The van der Waals surface area contributed by atoms with Gasteiger partial charge in [-0.15, -0.1) is 11.3 Å². The fourth-order valence-electron chi connectivity index (χ4n) is 2.91. The molecule has 5 nitrogen and oxygen atoms in total. The molecule has 0 amide bonds.